The van der Waals surface area contributed by atoms with Gasteiger partial charge in [-0.2, -0.15) is 0 Å². The van der Waals surface area contributed by atoms with Crippen LogP contribution in [-0.2, 0) is 0 Å². The summed E-state index contributed by atoms with van der Waals surface area (Å²) in [7, 11) is 1.67. The second kappa shape index (κ2) is 6.80. The minimum absolute atomic E-state index is 0.0109. The summed E-state index contributed by atoms with van der Waals surface area (Å²) in [6, 6.07) is 7.71. The summed E-state index contributed by atoms with van der Waals surface area (Å²) in [5.74, 6) is 1.74. The molecule has 3 heteroatoms. The second-order valence-electron chi connectivity index (χ2n) is 5.55. The van der Waals surface area contributed by atoms with E-state index in [2.05, 4.69) is 0 Å². The number of methoxy groups -OCH3 is 1. The van der Waals surface area contributed by atoms with E-state index in [9.17, 15) is 0 Å². The maximum absolute atomic E-state index is 6.47. The minimum atomic E-state index is -0.0109. The quantitative estimate of drug-likeness (QED) is 0.827. The summed E-state index contributed by atoms with van der Waals surface area (Å²) in [6.07, 6.45) is 8.41. The molecule has 1 aromatic rings. The molecule has 2 N–H and O–H groups in total. The molecule has 0 saturated heterocycles. The SMILES string of the molecule is COc1ccc(OCCC2(N)CCCCCC2)cc1. The standard InChI is InChI=1S/C16H25NO2/c1-18-14-6-8-15(9-7-14)19-13-12-16(17)10-4-2-3-5-11-16/h6-9H,2-5,10-13,17H2,1H3. The molecule has 1 aromatic carbocycles. The maximum Gasteiger partial charge on any atom is 0.119 e. The van der Waals surface area contributed by atoms with Gasteiger partial charge in [0.1, 0.15) is 11.5 Å². The molecule has 0 amide bonds. The Bertz CT molecular complexity index is 367. The second-order valence-corrected chi connectivity index (χ2v) is 5.55. The Morgan fingerprint density at radius 3 is 2.16 bits per heavy atom. The van der Waals surface area contributed by atoms with Crippen LogP contribution in [0.2, 0.25) is 0 Å². The fraction of sp³-hybridized carbons (Fsp3) is 0.625. The Morgan fingerprint density at radius 2 is 1.58 bits per heavy atom. The molecule has 0 unspecified atom stereocenters. The molecule has 1 aliphatic rings. The number of rotatable bonds is 5. The Labute approximate surface area is 116 Å². The molecule has 0 aliphatic heterocycles. The van der Waals surface area contributed by atoms with Crippen LogP contribution in [-0.4, -0.2) is 19.3 Å². The number of benzene rings is 1. The van der Waals surface area contributed by atoms with Crippen molar-refractivity contribution in [2.24, 2.45) is 5.73 Å². The van der Waals surface area contributed by atoms with Crippen molar-refractivity contribution in [1.82, 2.24) is 0 Å². The van der Waals surface area contributed by atoms with Gasteiger partial charge < -0.3 is 15.2 Å². The zero-order valence-electron chi connectivity index (χ0n) is 11.9. The minimum Gasteiger partial charge on any atom is -0.497 e. The summed E-state index contributed by atoms with van der Waals surface area (Å²) in [4.78, 5) is 0. The van der Waals surface area contributed by atoms with Crippen molar-refractivity contribution in [2.75, 3.05) is 13.7 Å². The van der Waals surface area contributed by atoms with Crippen LogP contribution in [0.5, 0.6) is 11.5 Å². The van der Waals surface area contributed by atoms with E-state index in [1.165, 1.54) is 25.7 Å². The zero-order chi connectivity index (χ0) is 13.6. The number of nitrogens with two attached hydrogens (primary N) is 1. The van der Waals surface area contributed by atoms with Gasteiger partial charge in [0.25, 0.3) is 0 Å². The largest absolute Gasteiger partial charge is 0.497 e. The first-order valence-electron chi connectivity index (χ1n) is 7.28. The van der Waals surface area contributed by atoms with Crippen LogP contribution in [0.15, 0.2) is 24.3 Å². The molecule has 0 radical (unpaired) electrons. The van der Waals surface area contributed by atoms with Gasteiger partial charge in [0.05, 0.1) is 13.7 Å². The summed E-state index contributed by atoms with van der Waals surface area (Å²) < 4.78 is 10.9. The Morgan fingerprint density at radius 1 is 1.00 bits per heavy atom. The van der Waals surface area contributed by atoms with Crippen molar-refractivity contribution in [3.05, 3.63) is 24.3 Å². The van der Waals surface area contributed by atoms with Gasteiger partial charge in [0, 0.05) is 5.54 Å². The number of hydrogen-bond donors (Lipinski definition) is 1. The van der Waals surface area contributed by atoms with Gasteiger partial charge in [-0.25, -0.2) is 0 Å². The molecule has 19 heavy (non-hydrogen) atoms. The summed E-state index contributed by atoms with van der Waals surface area (Å²) in [5.41, 5.74) is 6.46. The highest BCUT2D eigenvalue weighted by molar-refractivity contribution is 5.31. The predicted octanol–water partition coefficient (Wildman–Crippen LogP) is 3.52. The van der Waals surface area contributed by atoms with Crippen molar-refractivity contribution in [3.8, 4) is 11.5 Å². The van der Waals surface area contributed by atoms with E-state index in [0.29, 0.717) is 6.61 Å². The fourth-order valence-electron chi connectivity index (χ4n) is 2.73. The highest BCUT2D eigenvalue weighted by atomic mass is 16.5. The molecule has 1 fully saturated rings. The summed E-state index contributed by atoms with van der Waals surface area (Å²) in [5, 5.41) is 0. The third kappa shape index (κ3) is 4.43. The lowest BCUT2D eigenvalue weighted by Crippen LogP contribution is -2.40. The van der Waals surface area contributed by atoms with E-state index < -0.39 is 0 Å². The molecule has 1 aliphatic carbocycles. The van der Waals surface area contributed by atoms with Crippen molar-refractivity contribution >= 4 is 0 Å². The van der Waals surface area contributed by atoms with E-state index in [-0.39, 0.29) is 5.54 Å². The highest BCUT2D eigenvalue weighted by Gasteiger charge is 2.25. The monoisotopic (exact) mass is 263 g/mol. The smallest absolute Gasteiger partial charge is 0.119 e. The number of hydrogen-bond acceptors (Lipinski definition) is 3. The van der Waals surface area contributed by atoms with Gasteiger partial charge >= 0.3 is 0 Å². The molecule has 0 bridgehead atoms. The average Bonchev–Trinajstić information content (AvgIpc) is 2.65. The van der Waals surface area contributed by atoms with Gasteiger partial charge in [-0.05, 0) is 43.5 Å². The van der Waals surface area contributed by atoms with Crippen molar-refractivity contribution in [1.29, 1.82) is 0 Å². The molecule has 0 aromatic heterocycles. The molecule has 0 spiro atoms. The highest BCUT2D eigenvalue weighted by Crippen LogP contribution is 2.28. The van der Waals surface area contributed by atoms with E-state index in [4.69, 9.17) is 15.2 Å². The molecular weight excluding hydrogens is 238 g/mol. The molecular formula is C16H25NO2. The molecule has 0 atom stereocenters. The third-order valence-electron chi connectivity index (χ3n) is 4.03. The number of ether oxygens (including phenoxy) is 2. The average molecular weight is 263 g/mol. The fourth-order valence-corrected chi connectivity index (χ4v) is 2.73. The lowest BCUT2D eigenvalue weighted by molar-refractivity contribution is 0.240. The van der Waals surface area contributed by atoms with E-state index in [0.717, 1.165) is 30.8 Å². The first kappa shape index (κ1) is 14.2. The van der Waals surface area contributed by atoms with Gasteiger partial charge in [-0.15, -0.1) is 0 Å². The molecule has 106 valence electrons. The van der Waals surface area contributed by atoms with Gasteiger partial charge in [-0.1, -0.05) is 25.7 Å². The van der Waals surface area contributed by atoms with E-state index in [1.54, 1.807) is 7.11 Å². The van der Waals surface area contributed by atoms with E-state index in [1.807, 2.05) is 24.3 Å². The summed E-state index contributed by atoms with van der Waals surface area (Å²) in [6.45, 7) is 0.697. The van der Waals surface area contributed by atoms with Crippen molar-refractivity contribution in [2.45, 2.75) is 50.5 Å². The van der Waals surface area contributed by atoms with Gasteiger partial charge in [0.15, 0.2) is 0 Å². The lowest BCUT2D eigenvalue weighted by Gasteiger charge is -2.27. The van der Waals surface area contributed by atoms with Crippen molar-refractivity contribution in [3.63, 3.8) is 0 Å². The van der Waals surface area contributed by atoms with Gasteiger partial charge in [0.2, 0.25) is 0 Å². The van der Waals surface area contributed by atoms with Crippen LogP contribution in [0.1, 0.15) is 44.9 Å². The summed E-state index contributed by atoms with van der Waals surface area (Å²) >= 11 is 0. The molecule has 2 rings (SSSR count). The molecule has 1 saturated carbocycles. The first-order chi connectivity index (χ1) is 9.22. The topological polar surface area (TPSA) is 44.5 Å². The maximum atomic E-state index is 6.47. The van der Waals surface area contributed by atoms with Crippen LogP contribution in [0, 0.1) is 0 Å². The van der Waals surface area contributed by atoms with Gasteiger partial charge in [-0.3, -0.25) is 0 Å². The van der Waals surface area contributed by atoms with Crippen LogP contribution in [0.25, 0.3) is 0 Å². The third-order valence-corrected chi connectivity index (χ3v) is 4.03. The molecule has 0 heterocycles. The van der Waals surface area contributed by atoms with Crippen LogP contribution in [0.3, 0.4) is 0 Å². The Kier molecular flexibility index (Phi) is 5.08. The van der Waals surface area contributed by atoms with Crippen LogP contribution in [0.4, 0.5) is 0 Å². The Hall–Kier alpha value is -1.22. The first-order valence-corrected chi connectivity index (χ1v) is 7.28. The molecule has 3 nitrogen and oxygen atoms in total. The van der Waals surface area contributed by atoms with E-state index >= 15 is 0 Å². The van der Waals surface area contributed by atoms with Crippen LogP contribution < -0.4 is 15.2 Å². The lowest BCUT2D eigenvalue weighted by atomic mass is 9.88. The zero-order valence-corrected chi connectivity index (χ0v) is 11.9. The Balaban J connectivity index is 1.78. The predicted molar refractivity (Wildman–Crippen MR) is 77.7 cm³/mol. The normalized spacial score (nSPS) is 18.6. The van der Waals surface area contributed by atoms with Crippen LogP contribution >= 0.6 is 0 Å². The van der Waals surface area contributed by atoms with Crippen molar-refractivity contribution < 1.29 is 9.47 Å².